The van der Waals surface area contributed by atoms with Crippen LogP contribution in [0.3, 0.4) is 0 Å². The van der Waals surface area contributed by atoms with Crippen LogP contribution in [0.25, 0.3) is 11.0 Å². The number of fused-ring (bicyclic) bond motifs is 1. The number of hydrogen-bond acceptors (Lipinski definition) is 7. The Morgan fingerprint density at radius 1 is 1.09 bits per heavy atom. The van der Waals surface area contributed by atoms with Gasteiger partial charge in [0.15, 0.2) is 12.0 Å². The van der Waals surface area contributed by atoms with E-state index >= 15 is 0 Å². The van der Waals surface area contributed by atoms with Crippen molar-refractivity contribution in [1.29, 1.82) is 0 Å². The van der Waals surface area contributed by atoms with E-state index in [9.17, 15) is 14.4 Å². The maximum absolute atomic E-state index is 13.0. The van der Waals surface area contributed by atoms with E-state index in [2.05, 4.69) is 5.10 Å². The van der Waals surface area contributed by atoms with Crippen molar-refractivity contribution in [3.05, 3.63) is 105 Å². The van der Waals surface area contributed by atoms with Crippen LogP contribution in [0.5, 0.6) is 0 Å². The lowest BCUT2D eigenvalue weighted by molar-refractivity contribution is -0.136. The van der Waals surface area contributed by atoms with Gasteiger partial charge in [0, 0.05) is 17.5 Å². The number of para-hydroxylation sites is 1. The predicted octanol–water partition coefficient (Wildman–Crippen LogP) is 4.57. The normalized spacial score (nSPS) is 15.4. The van der Waals surface area contributed by atoms with Crippen molar-refractivity contribution in [2.24, 2.45) is 5.10 Å². The SMILES string of the molecule is O=C(OCC(=O)N1N=C(c2ccc(Cl)cc2)CC1c1ccco1)c1cc(=O)c2ccccc2o1. The van der Waals surface area contributed by atoms with Crippen molar-refractivity contribution in [2.45, 2.75) is 12.5 Å². The number of benzene rings is 2. The average Bonchev–Trinajstić information content (AvgIpc) is 3.53. The van der Waals surface area contributed by atoms with Crippen molar-refractivity contribution in [1.82, 2.24) is 5.01 Å². The first-order valence-corrected chi connectivity index (χ1v) is 10.8. The third kappa shape index (κ3) is 4.23. The number of esters is 1. The van der Waals surface area contributed by atoms with Gasteiger partial charge < -0.3 is 13.6 Å². The van der Waals surface area contributed by atoms with Crippen LogP contribution >= 0.6 is 11.6 Å². The molecule has 2 aromatic carbocycles. The number of furan rings is 1. The van der Waals surface area contributed by atoms with Gasteiger partial charge in [-0.15, -0.1) is 0 Å². The Kier molecular flexibility index (Phi) is 5.73. The van der Waals surface area contributed by atoms with Crippen LogP contribution in [0.2, 0.25) is 5.02 Å². The molecule has 9 heteroatoms. The zero-order valence-electron chi connectivity index (χ0n) is 17.6. The molecule has 4 aromatic rings. The Balaban J connectivity index is 1.35. The molecule has 2 aromatic heterocycles. The largest absolute Gasteiger partial charge is 0.467 e. The highest BCUT2D eigenvalue weighted by Gasteiger charge is 2.35. The molecule has 34 heavy (non-hydrogen) atoms. The summed E-state index contributed by atoms with van der Waals surface area (Å²) in [5, 5.41) is 6.64. The highest BCUT2D eigenvalue weighted by Crippen LogP contribution is 2.33. The maximum atomic E-state index is 13.0. The molecule has 0 radical (unpaired) electrons. The van der Waals surface area contributed by atoms with Gasteiger partial charge in [0.2, 0.25) is 5.76 Å². The number of amides is 1. The number of ether oxygens (including phenoxy) is 1. The van der Waals surface area contributed by atoms with Gasteiger partial charge in [-0.1, -0.05) is 35.9 Å². The average molecular weight is 477 g/mol. The van der Waals surface area contributed by atoms with Crippen molar-refractivity contribution in [2.75, 3.05) is 6.61 Å². The lowest BCUT2D eigenvalue weighted by Gasteiger charge is -2.19. The molecular formula is C25H17ClN2O6. The van der Waals surface area contributed by atoms with Crippen LogP contribution in [0.1, 0.15) is 34.3 Å². The Morgan fingerprint density at radius 3 is 2.65 bits per heavy atom. The molecule has 0 spiro atoms. The Bertz CT molecular complexity index is 1460. The van der Waals surface area contributed by atoms with Gasteiger partial charge in [0.05, 0.1) is 17.4 Å². The molecule has 1 aliphatic rings. The maximum Gasteiger partial charge on any atom is 0.374 e. The second kappa shape index (κ2) is 8.99. The number of halogens is 1. The van der Waals surface area contributed by atoms with E-state index in [0.29, 0.717) is 28.3 Å². The fourth-order valence-corrected chi connectivity index (χ4v) is 3.85. The molecule has 0 saturated heterocycles. The highest BCUT2D eigenvalue weighted by molar-refractivity contribution is 6.30. The minimum absolute atomic E-state index is 0.253. The molecule has 1 unspecified atom stereocenters. The van der Waals surface area contributed by atoms with E-state index < -0.39 is 24.5 Å². The van der Waals surface area contributed by atoms with E-state index in [1.807, 2.05) is 12.1 Å². The molecule has 0 N–H and O–H groups in total. The van der Waals surface area contributed by atoms with Gasteiger partial charge >= 0.3 is 5.97 Å². The zero-order valence-corrected chi connectivity index (χ0v) is 18.4. The summed E-state index contributed by atoms with van der Waals surface area (Å²) in [6, 6.07) is 17.7. The molecule has 170 valence electrons. The molecule has 8 nitrogen and oxygen atoms in total. The summed E-state index contributed by atoms with van der Waals surface area (Å²) in [6.45, 7) is -0.593. The summed E-state index contributed by atoms with van der Waals surface area (Å²) < 4.78 is 16.1. The molecule has 5 rings (SSSR count). The summed E-state index contributed by atoms with van der Waals surface area (Å²) in [7, 11) is 0. The second-order valence-corrected chi connectivity index (χ2v) is 8.01. The number of nitrogens with zero attached hydrogens (tertiary/aromatic N) is 2. The second-order valence-electron chi connectivity index (χ2n) is 7.57. The van der Waals surface area contributed by atoms with Crippen LogP contribution in [0.4, 0.5) is 0 Å². The molecule has 3 heterocycles. The Morgan fingerprint density at radius 2 is 1.88 bits per heavy atom. The third-order valence-corrected chi connectivity index (χ3v) is 5.63. The smallest absolute Gasteiger partial charge is 0.374 e. The minimum Gasteiger partial charge on any atom is -0.467 e. The number of rotatable bonds is 5. The number of hydrogen-bond donors (Lipinski definition) is 0. The molecule has 1 atom stereocenters. The molecule has 0 saturated carbocycles. The molecule has 0 aliphatic carbocycles. The molecule has 0 fully saturated rings. The van der Waals surface area contributed by atoms with Crippen LogP contribution < -0.4 is 5.43 Å². The fraction of sp³-hybridized carbons (Fsp3) is 0.120. The van der Waals surface area contributed by atoms with Gasteiger partial charge in [0.25, 0.3) is 5.91 Å². The van der Waals surface area contributed by atoms with E-state index in [1.165, 1.54) is 11.3 Å². The number of hydrazone groups is 1. The first-order valence-electron chi connectivity index (χ1n) is 10.4. The van der Waals surface area contributed by atoms with Gasteiger partial charge in [-0.25, -0.2) is 9.80 Å². The van der Waals surface area contributed by atoms with Gasteiger partial charge in [-0.3, -0.25) is 9.59 Å². The molecule has 1 aliphatic heterocycles. The number of carbonyl (C=O) groups is 2. The standard InChI is InChI=1S/C25H17ClN2O6/c26-16-9-7-15(8-10-16)18-12-19(22-6-3-11-32-22)28(27-18)24(30)14-33-25(31)23-13-20(29)17-4-1-2-5-21(17)34-23/h1-11,13,19H,12,14H2. The summed E-state index contributed by atoms with van der Waals surface area (Å²) in [6.07, 6.45) is 1.93. The lowest BCUT2D eigenvalue weighted by Crippen LogP contribution is -2.31. The fourth-order valence-electron chi connectivity index (χ4n) is 3.73. The highest BCUT2D eigenvalue weighted by atomic mass is 35.5. The zero-order chi connectivity index (χ0) is 23.7. The topological polar surface area (TPSA) is 102 Å². The Hall–Kier alpha value is -4.17. The monoisotopic (exact) mass is 476 g/mol. The molecule has 1 amide bonds. The molecular weight excluding hydrogens is 460 g/mol. The van der Waals surface area contributed by atoms with E-state index in [1.54, 1.807) is 48.5 Å². The van der Waals surface area contributed by atoms with Crippen LogP contribution in [-0.2, 0) is 9.53 Å². The summed E-state index contributed by atoms with van der Waals surface area (Å²) in [5.74, 6) is -1.22. The quantitative estimate of drug-likeness (QED) is 0.391. The minimum atomic E-state index is -0.924. The van der Waals surface area contributed by atoms with E-state index in [0.717, 1.165) is 11.6 Å². The number of carbonyl (C=O) groups excluding carboxylic acids is 2. The lowest BCUT2D eigenvalue weighted by atomic mass is 10.0. The van der Waals surface area contributed by atoms with Gasteiger partial charge in [-0.05, 0) is 42.0 Å². The van der Waals surface area contributed by atoms with Crippen molar-refractivity contribution in [3.8, 4) is 0 Å². The first-order chi connectivity index (χ1) is 16.5. The molecule has 0 bridgehead atoms. The van der Waals surface area contributed by atoms with E-state index in [-0.39, 0.29) is 16.8 Å². The first kappa shape index (κ1) is 21.7. The van der Waals surface area contributed by atoms with Crippen LogP contribution in [-0.4, -0.2) is 29.2 Å². The van der Waals surface area contributed by atoms with Crippen LogP contribution in [0, 0.1) is 0 Å². The summed E-state index contributed by atoms with van der Waals surface area (Å²) in [4.78, 5) is 37.7. The van der Waals surface area contributed by atoms with Crippen molar-refractivity contribution in [3.63, 3.8) is 0 Å². The summed E-state index contributed by atoms with van der Waals surface area (Å²) >= 11 is 5.98. The van der Waals surface area contributed by atoms with E-state index in [4.69, 9.17) is 25.2 Å². The summed E-state index contributed by atoms with van der Waals surface area (Å²) in [5.41, 5.74) is 1.35. The van der Waals surface area contributed by atoms with Crippen molar-refractivity contribution < 1.29 is 23.2 Å². The van der Waals surface area contributed by atoms with Crippen LogP contribution in [0.15, 0.2) is 91.7 Å². The Labute approximate surface area is 198 Å². The van der Waals surface area contributed by atoms with Gasteiger partial charge in [0.1, 0.15) is 17.4 Å². The van der Waals surface area contributed by atoms with Crippen molar-refractivity contribution >= 4 is 40.2 Å². The third-order valence-electron chi connectivity index (χ3n) is 5.38. The predicted molar refractivity (Wildman–Crippen MR) is 124 cm³/mol. The van der Waals surface area contributed by atoms with Gasteiger partial charge in [-0.2, -0.15) is 5.10 Å².